The van der Waals surface area contributed by atoms with E-state index in [0.29, 0.717) is 29.5 Å². The van der Waals surface area contributed by atoms with Gasteiger partial charge in [-0.3, -0.25) is 9.88 Å². The number of H-pyrrole nitrogens is 1. The highest BCUT2D eigenvalue weighted by molar-refractivity contribution is 5.84. The van der Waals surface area contributed by atoms with Gasteiger partial charge in [-0.15, -0.1) is 0 Å². The number of hydrogen-bond acceptors (Lipinski definition) is 8. The fourth-order valence-electron chi connectivity index (χ4n) is 2.92. The summed E-state index contributed by atoms with van der Waals surface area (Å²) >= 11 is 0. The Balaban J connectivity index is 1.71. The quantitative estimate of drug-likeness (QED) is 0.565. The average Bonchev–Trinajstić information content (AvgIpc) is 3.02. The predicted octanol–water partition coefficient (Wildman–Crippen LogP) is 2.42. The summed E-state index contributed by atoms with van der Waals surface area (Å²) in [5, 5.41) is 6.47. The summed E-state index contributed by atoms with van der Waals surface area (Å²) < 4.78 is 0. The number of nitrogens with zero attached hydrogens (tertiary/aromatic N) is 6. The summed E-state index contributed by atoms with van der Waals surface area (Å²) in [4.78, 5) is 26.8. The second kappa shape index (κ2) is 8.05. The van der Waals surface area contributed by atoms with E-state index in [1.165, 1.54) is 6.33 Å². The Hall–Kier alpha value is -2.81. The third-order valence-corrected chi connectivity index (χ3v) is 4.09. The molecule has 0 aromatic carbocycles. The van der Waals surface area contributed by atoms with Crippen LogP contribution in [0.3, 0.4) is 0 Å². The molecule has 0 aliphatic heterocycles. The van der Waals surface area contributed by atoms with Crippen molar-refractivity contribution >= 4 is 28.7 Å². The van der Waals surface area contributed by atoms with E-state index in [9.17, 15) is 0 Å². The molecule has 9 nitrogen and oxygen atoms in total. The number of hydrogen-bond donors (Lipinski definition) is 3. The summed E-state index contributed by atoms with van der Waals surface area (Å²) in [6.07, 6.45) is 6.38. The summed E-state index contributed by atoms with van der Waals surface area (Å²) in [7, 11) is 0. The fourth-order valence-corrected chi connectivity index (χ4v) is 2.92. The third kappa shape index (κ3) is 4.23. The Morgan fingerprint density at radius 2 is 1.88 bits per heavy atom. The van der Waals surface area contributed by atoms with Gasteiger partial charge in [-0.2, -0.15) is 4.98 Å². The standard InChI is InChI=1S/C17H25N9/c1-11(2)26(12(3)4)8-7-20-15-14-16(22-10-21-15)25-17(24-14)23-13-9-18-5-6-19-13/h5-6,9-12H,7-8H2,1-4H3,(H3,19,20,21,22,23,24,25). The van der Waals surface area contributed by atoms with Crippen LogP contribution in [0.15, 0.2) is 24.9 Å². The summed E-state index contributed by atoms with van der Waals surface area (Å²) in [5.41, 5.74) is 1.36. The largest absolute Gasteiger partial charge is 0.367 e. The lowest BCUT2D eigenvalue weighted by Gasteiger charge is -2.30. The van der Waals surface area contributed by atoms with E-state index in [1.807, 2.05) is 0 Å². The highest BCUT2D eigenvalue weighted by Crippen LogP contribution is 2.20. The van der Waals surface area contributed by atoms with Crippen molar-refractivity contribution in [3.63, 3.8) is 0 Å². The van der Waals surface area contributed by atoms with E-state index >= 15 is 0 Å². The topological polar surface area (TPSA) is 108 Å². The summed E-state index contributed by atoms with van der Waals surface area (Å²) in [6.45, 7) is 10.6. The Labute approximate surface area is 152 Å². The van der Waals surface area contributed by atoms with E-state index in [-0.39, 0.29) is 0 Å². The van der Waals surface area contributed by atoms with Gasteiger partial charge in [0, 0.05) is 37.6 Å². The van der Waals surface area contributed by atoms with E-state index in [0.717, 1.165) is 24.4 Å². The number of imidazole rings is 1. The zero-order chi connectivity index (χ0) is 18.5. The van der Waals surface area contributed by atoms with E-state index < -0.39 is 0 Å². The molecule has 0 saturated heterocycles. The van der Waals surface area contributed by atoms with Gasteiger partial charge in [0.15, 0.2) is 17.3 Å². The number of rotatable bonds is 8. The molecular formula is C17H25N9. The van der Waals surface area contributed by atoms with Crippen molar-refractivity contribution in [2.75, 3.05) is 23.7 Å². The highest BCUT2D eigenvalue weighted by atomic mass is 15.2. The molecule has 9 heteroatoms. The summed E-state index contributed by atoms with van der Waals surface area (Å²) in [6, 6.07) is 0.995. The van der Waals surface area contributed by atoms with Crippen molar-refractivity contribution in [1.82, 2.24) is 34.8 Å². The first-order chi connectivity index (χ1) is 12.5. The van der Waals surface area contributed by atoms with Crippen molar-refractivity contribution in [3.8, 4) is 0 Å². The van der Waals surface area contributed by atoms with Crippen LogP contribution in [0.2, 0.25) is 0 Å². The Kier molecular flexibility index (Phi) is 5.57. The molecule has 0 bridgehead atoms. The molecule has 138 valence electrons. The second-order valence-corrected chi connectivity index (χ2v) is 6.57. The fraction of sp³-hybridized carbons (Fsp3) is 0.471. The van der Waals surface area contributed by atoms with Crippen LogP contribution in [0.4, 0.5) is 17.6 Å². The smallest absolute Gasteiger partial charge is 0.208 e. The molecule has 0 saturated carbocycles. The van der Waals surface area contributed by atoms with Gasteiger partial charge >= 0.3 is 0 Å². The highest BCUT2D eigenvalue weighted by Gasteiger charge is 2.14. The molecule has 3 aromatic heterocycles. The molecule has 0 atom stereocenters. The Morgan fingerprint density at radius 3 is 2.58 bits per heavy atom. The molecule has 0 aliphatic carbocycles. The number of aromatic amines is 1. The van der Waals surface area contributed by atoms with Crippen LogP contribution in [-0.2, 0) is 0 Å². The number of nitrogens with one attached hydrogen (secondary N) is 3. The number of anilines is 3. The molecule has 3 N–H and O–H groups in total. The average molecular weight is 355 g/mol. The SMILES string of the molecule is CC(C)N(CCNc1ncnc2nc(Nc3cnccn3)[nH]c12)C(C)C. The first-order valence-corrected chi connectivity index (χ1v) is 8.78. The lowest BCUT2D eigenvalue weighted by molar-refractivity contribution is 0.182. The Bertz CT molecular complexity index is 821. The first kappa shape index (κ1) is 18.0. The van der Waals surface area contributed by atoms with Gasteiger partial charge in [0.1, 0.15) is 11.8 Å². The van der Waals surface area contributed by atoms with Crippen molar-refractivity contribution in [1.29, 1.82) is 0 Å². The molecule has 26 heavy (non-hydrogen) atoms. The minimum atomic E-state index is 0.497. The van der Waals surface area contributed by atoms with Crippen LogP contribution < -0.4 is 10.6 Å². The van der Waals surface area contributed by atoms with Gasteiger partial charge in [-0.05, 0) is 27.7 Å². The molecule has 0 fully saturated rings. The van der Waals surface area contributed by atoms with Crippen LogP contribution >= 0.6 is 0 Å². The lowest BCUT2D eigenvalue weighted by Crippen LogP contribution is -2.40. The van der Waals surface area contributed by atoms with Crippen LogP contribution in [0, 0.1) is 0 Å². The maximum absolute atomic E-state index is 4.43. The van der Waals surface area contributed by atoms with Crippen LogP contribution in [0.1, 0.15) is 27.7 Å². The van der Waals surface area contributed by atoms with Gasteiger partial charge in [0.2, 0.25) is 5.95 Å². The van der Waals surface area contributed by atoms with Crippen LogP contribution in [-0.4, -0.2) is 60.0 Å². The zero-order valence-electron chi connectivity index (χ0n) is 15.6. The molecule has 3 aromatic rings. The van der Waals surface area contributed by atoms with E-state index in [1.54, 1.807) is 18.6 Å². The zero-order valence-corrected chi connectivity index (χ0v) is 15.6. The third-order valence-electron chi connectivity index (χ3n) is 4.09. The maximum Gasteiger partial charge on any atom is 0.208 e. The van der Waals surface area contributed by atoms with Gasteiger partial charge < -0.3 is 15.6 Å². The van der Waals surface area contributed by atoms with Gasteiger partial charge in [-0.1, -0.05) is 0 Å². The van der Waals surface area contributed by atoms with Gasteiger partial charge in [-0.25, -0.2) is 15.0 Å². The number of fused-ring (bicyclic) bond motifs is 1. The number of aromatic nitrogens is 6. The molecule has 0 radical (unpaired) electrons. The second-order valence-electron chi connectivity index (χ2n) is 6.57. The molecule has 3 rings (SSSR count). The van der Waals surface area contributed by atoms with Crippen molar-refractivity contribution < 1.29 is 0 Å². The minimum absolute atomic E-state index is 0.497. The Morgan fingerprint density at radius 1 is 1.08 bits per heavy atom. The molecule has 0 amide bonds. The van der Waals surface area contributed by atoms with E-state index in [2.05, 4.69) is 73.1 Å². The van der Waals surface area contributed by atoms with Crippen molar-refractivity contribution in [2.24, 2.45) is 0 Å². The monoisotopic (exact) mass is 355 g/mol. The summed E-state index contributed by atoms with van der Waals surface area (Å²) in [5.74, 6) is 1.90. The normalized spacial score (nSPS) is 11.7. The van der Waals surface area contributed by atoms with Gasteiger partial charge in [0.05, 0.1) is 6.20 Å². The lowest BCUT2D eigenvalue weighted by atomic mass is 10.2. The van der Waals surface area contributed by atoms with Crippen molar-refractivity contribution in [3.05, 3.63) is 24.9 Å². The first-order valence-electron chi connectivity index (χ1n) is 8.78. The molecular weight excluding hydrogens is 330 g/mol. The maximum atomic E-state index is 4.43. The van der Waals surface area contributed by atoms with Crippen molar-refractivity contribution in [2.45, 2.75) is 39.8 Å². The molecule has 3 heterocycles. The van der Waals surface area contributed by atoms with E-state index in [4.69, 9.17) is 0 Å². The molecule has 0 aliphatic rings. The molecule has 0 spiro atoms. The van der Waals surface area contributed by atoms with Crippen LogP contribution in [0.5, 0.6) is 0 Å². The predicted molar refractivity (Wildman–Crippen MR) is 102 cm³/mol. The van der Waals surface area contributed by atoms with Crippen LogP contribution in [0.25, 0.3) is 11.2 Å². The molecule has 0 unspecified atom stereocenters. The van der Waals surface area contributed by atoms with Gasteiger partial charge in [0.25, 0.3) is 0 Å². The minimum Gasteiger partial charge on any atom is -0.367 e.